The summed E-state index contributed by atoms with van der Waals surface area (Å²) < 4.78 is 29.1. The van der Waals surface area contributed by atoms with Gasteiger partial charge >= 0.3 is 0 Å². The Morgan fingerprint density at radius 3 is 2.65 bits per heavy atom. The summed E-state index contributed by atoms with van der Waals surface area (Å²) in [6.45, 7) is 1.96. The van der Waals surface area contributed by atoms with Crippen LogP contribution in [0.3, 0.4) is 0 Å². The third-order valence-electron chi connectivity index (χ3n) is 2.15. The molecule has 0 fully saturated rings. The Morgan fingerprint density at radius 1 is 1.35 bits per heavy atom. The van der Waals surface area contributed by atoms with Gasteiger partial charge in [0.25, 0.3) is 0 Å². The summed E-state index contributed by atoms with van der Waals surface area (Å²) in [5, 5.41) is 0. The van der Waals surface area contributed by atoms with Crippen molar-refractivity contribution in [1.82, 2.24) is 0 Å². The summed E-state index contributed by atoms with van der Waals surface area (Å²) in [5.74, 6) is 0.711. The molecule has 1 aromatic carbocycles. The average Bonchev–Trinajstić information content (AvgIpc) is 2.22. The first kappa shape index (κ1) is 14.3. The standard InChI is InChI=1S/C11H16BrNO3S/c1-2-7-17(14,15)8-6-16-11-9(12)4-3-5-10(11)13/h3-5H,2,6-8,13H2,1H3. The minimum atomic E-state index is -3.01. The molecule has 0 unspecified atom stereocenters. The van der Waals surface area contributed by atoms with Gasteiger partial charge in [-0.15, -0.1) is 0 Å². The molecule has 0 aliphatic carbocycles. The molecule has 0 radical (unpaired) electrons. The first-order valence-electron chi connectivity index (χ1n) is 5.33. The molecular weight excluding hydrogens is 306 g/mol. The van der Waals surface area contributed by atoms with E-state index in [1.54, 1.807) is 18.2 Å². The normalized spacial score (nSPS) is 11.4. The largest absolute Gasteiger partial charge is 0.489 e. The summed E-state index contributed by atoms with van der Waals surface area (Å²) in [6, 6.07) is 5.30. The highest BCUT2D eigenvalue weighted by molar-refractivity contribution is 9.10. The summed E-state index contributed by atoms with van der Waals surface area (Å²) in [7, 11) is -3.01. The molecule has 96 valence electrons. The number of ether oxygens (including phenoxy) is 1. The van der Waals surface area contributed by atoms with Crippen LogP contribution >= 0.6 is 15.9 Å². The maximum absolute atomic E-state index is 11.5. The van der Waals surface area contributed by atoms with E-state index in [0.717, 1.165) is 4.47 Å². The quantitative estimate of drug-likeness (QED) is 0.816. The van der Waals surface area contributed by atoms with Crippen LogP contribution in [0.1, 0.15) is 13.3 Å². The zero-order valence-electron chi connectivity index (χ0n) is 9.65. The van der Waals surface area contributed by atoms with Crippen molar-refractivity contribution in [2.45, 2.75) is 13.3 Å². The van der Waals surface area contributed by atoms with Gasteiger partial charge < -0.3 is 10.5 Å². The highest BCUT2D eigenvalue weighted by Gasteiger charge is 2.11. The zero-order chi connectivity index (χ0) is 12.9. The lowest BCUT2D eigenvalue weighted by atomic mass is 10.3. The maximum Gasteiger partial charge on any atom is 0.156 e. The van der Waals surface area contributed by atoms with E-state index in [-0.39, 0.29) is 18.1 Å². The van der Waals surface area contributed by atoms with Crippen LogP contribution in [0.25, 0.3) is 0 Å². The molecule has 17 heavy (non-hydrogen) atoms. The first-order valence-corrected chi connectivity index (χ1v) is 7.95. The predicted octanol–water partition coefficient (Wildman–Crippen LogP) is 2.23. The van der Waals surface area contributed by atoms with Crippen LogP contribution in [0.15, 0.2) is 22.7 Å². The van der Waals surface area contributed by atoms with Crippen LogP contribution in [-0.2, 0) is 9.84 Å². The summed E-state index contributed by atoms with van der Waals surface area (Å²) >= 11 is 3.30. The molecule has 0 bridgehead atoms. The Morgan fingerprint density at radius 2 is 2.06 bits per heavy atom. The number of para-hydroxylation sites is 1. The van der Waals surface area contributed by atoms with E-state index in [1.165, 1.54) is 0 Å². The number of benzene rings is 1. The van der Waals surface area contributed by atoms with E-state index in [2.05, 4.69) is 15.9 Å². The monoisotopic (exact) mass is 321 g/mol. The van der Waals surface area contributed by atoms with Crippen molar-refractivity contribution in [2.24, 2.45) is 0 Å². The highest BCUT2D eigenvalue weighted by Crippen LogP contribution is 2.30. The molecule has 4 nitrogen and oxygen atoms in total. The van der Waals surface area contributed by atoms with Crippen LogP contribution in [0.5, 0.6) is 5.75 Å². The first-order chi connectivity index (χ1) is 7.96. The number of rotatable bonds is 6. The Balaban J connectivity index is 2.57. The molecule has 0 amide bonds. The number of nitrogens with two attached hydrogens (primary N) is 1. The lowest BCUT2D eigenvalue weighted by Crippen LogP contribution is -2.17. The second-order valence-corrected chi connectivity index (χ2v) is 6.82. The van der Waals surface area contributed by atoms with Gasteiger partial charge in [0, 0.05) is 0 Å². The van der Waals surface area contributed by atoms with Crippen LogP contribution in [0.4, 0.5) is 5.69 Å². The van der Waals surface area contributed by atoms with E-state index >= 15 is 0 Å². The van der Waals surface area contributed by atoms with Gasteiger partial charge in [0.2, 0.25) is 0 Å². The van der Waals surface area contributed by atoms with Crippen LogP contribution in [-0.4, -0.2) is 26.5 Å². The van der Waals surface area contributed by atoms with Crippen molar-refractivity contribution < 1.29 is 13.2 Å². The van der Waals surface area contributed by atoms with E-state index in [0.29, 0.717) is 17.9 Å². The number of nitrogen functional groups attached to an aromatic ring is 1. The fraction of sp³-hybridized carbons (Fsp3) is 0.455. The van der Waals surface area contributed by atoms with Crippen molar-refractivity contribution in [3.63, 3.8) is 0 Å². The van der Waals surface area contributed by atoms with E-state index in [9.17, 15) is 8.42 Å². The molecule has 2 N–H and O–H groups in total. The van der Waals surface area contributed by atoms with E-state index in [1.807, 2.05) is 6.92 Å². The van der Waals surface area contributed by atoms with Gasteiger partial charge in [0.1, 0.15) is 6.61 Å². The van der Waals surface area contributed by atoms with Crippen LogP contribution < -0.4 is 10.5 Å². The molecule has 0 saturated carbocycles. The van der Waals surface area contributed by atoms with Crippen LogP contribution in [0, 0.1) is 0 Å². The number of hydrogen-bond acceptors (Lipinski definition) is 4. The highest BCUT2D eigenvalue weighted by atomic mass is 79.9. The SMILES string of the molecule is CCCS(=O)(=O)CCOc1c(N)cccc1Br. The van der Waals surface area contributed by atoms with Crippen LogP contribution in [0.2, 0.25) is 0 Å². The maximum atomic E-state index is 11.5. The fourth-order valence-electron chi connectivity index (χ4n) is 1.36. The molecule has 0 aromatic heterocycles. The zero-order valence-corrected chi connectivity index (χ0v) is 12.1. The third-order valence-corrected chi connectivity index (χ3v) is 4.60. The van der Waals surface area contributed by atoms with Gasteiger partial charge in [-0.2, -0.15) is 0 Å². The van der Waals surface area contributed by atoms with Crippen molar-refractivity contribution in [3.8, 4) is 5.75 Å². The molecule has 0 saturated heterocycles. The topological polar surface area (TPSA) is 69.4 Å². The molecular formula is C11H16BrNO3S. The van der Waals surface area contributed by atoms with Crippen molar-refractivity contribution in [1.29, 1.82) is 0 Å². The Labute approximate surface area is 110 Å². The Kier molecular flexibility index (Phi) is 5.27. The summed E-state index contributed by atoms with van der Waals surface area (Å²) in [5.41, 5.74) is 6.22. The molecule has 0 aliphatic rings. The summed E-state index contributed by atoms with van der Waals surface area (Å²) in [6.07, 6.45) is 0.625. The minimum Gasteiger partial charge on any atom is -0.489 e. The van der Waals surface area contributed by atoms with Gasteiger partial charge in [-0.05, 0) is 34.5 Å². The lowest BCUT2D eigenvalue weighted by molar-refractivity contribution is 0.340. The second-order valence-electron chi connectivity index (χ2n) is 3.66. The fourth-order valence-corrected chi connectivity index (χ4v) is 3.02. The molecule has 0 atom stereocenters. The number of sulfone groups is 1. The van der Waals surface area contributed by atoms with Gasteiger partial charge in [-0.3, -0.25) is 0 Å². The Bertz CT molecular complexity index is 453. The van der Waals surface area contributed by atoms with Gasteiger partial charge in [0.15, 0.2) is 15.6 Å². The number of halogens is 1. The Hall–Kier alpha value is -0.750. The van der Waals surface area contributed by atoms with E-state index < -0.39 is 9.84 Å². The van der Waals surface area contributed by atoms with E-state index in [4.69, 9.17) is 10.5 Å². The summed E-state index contributed by atoms with van der Waals surface area (Å²) in [4.78, 5) is 0. The predicted molar refractivity (Wildman–Crippen MR) is 73.0 cm³/mol. The average molecular weight is 322 g/mol. The lowest BCUT2D eigenvalue weighted by Gasteiger charge is -2.10. The molecule has 1 rings (SSSR count). The number of hydrogen-bond donors (Lipinski definition) is 1. The third kappa shape index (κ3) is 4.55. The second kappa shape index (κ2) is 6.26. The number of anilines is 1. The van der Waals surface area contributed by atoms with Crippen molar-refractivity contribution in [2.75, 3.05) is 23.8 Å². The molecule has 0 spiro atoms. The van der Waals surface area contributed by atoms with Crippen molar-refractivity contribution >= 4 is 31.5 Å². The smallest absolute Gasteiger partial charge is 0.156 e. The van der Waals surface area contributed by atoms with Gasteiger partial charge in [0.05, 0.1) is 21.7 Å². The molecule has 0 aliphatic heterocycles. The van der Waals surface area contributed by atoms with Gasteiger partial charge in [-0.25, -0.2) is 8.42 Å². The van der Waals surface area contributed by atoms with Gasteiger partial charge in [-0.1, -0.05) is 13.0 Å². The molecule has 6 heteroatoms. The molecule has 1 aromatic rings. The van der Waals surface area contributed by atoms with Crippen molar-refractivity contribution in [3.05, 3.63) is 22.7 Å². The molecule has 0 heterocycles. The minimum absolute atomic E-state index is 0.0155.